The highest BCUT2D eigenvalue weighted by Crippen LogP contribution is 2.40. The summed E-state index contributed by atoms with van der Waals surface area (Å²) in [7, 11) is 0. The summed E-state index contributed by atoms with van der Waals surface area (Å²) in [6.07, 6.45) is 6.98. The van der Waals surface area contributed by atoms with Crippen LogP contribution in [0, 0.1) is 0 Å². The molecule has 0 atom stereocenters. The Morgan fingerprint density at radius 3 is 2.50 bits per heavy atom. The fourth-order valence-corrected chi connectivity index (χ4v) is 2.25. The first kappa shape index (κ1) is 9.65. The predicted molar refractivity (Wildman–Crippen MR) is 70.6 cm³/mol. The molecule has 80 valence electrons. The van der Waals surface area contributed by atoms with Crippen molar-refractivity contribution >= 4 is 16.8 Å². The van der Waals surface area contributed by atoms with Gasteiger partial charge < -0.3 is 0 Å². The first-order valence-electron chi connectivity index (χ1n) is 6.03. The van der Waals surface area contributed by atoms with Crippen molar-refractivity contribution in [1.82, 2.24) is 0 Å². The normalized spacial score (nSPS) is 16.1. The summed E-state index contributed by atoms with van der Waals surface area (Å²) < 4.78 is 0. The molecule has 1 aliphatic carbocycles. The highest BCUT2D eigenvalue weighted by atomic mass is 14.3. The smallest absolute Gasteiger partial charge is 0.0161 e. The molecule has 2 aromatic rings. The fraction of sp³-hybridized carbons (Fsp3) is 0.250. The van der Waals surface area contributed by atoms with Gasteiger partial charge in [-0.2, -0.15) is 0 Å². The first-order chi connectivity index (χ1) is 7.86. The summed E-state index contributed by atoms with van der Waals surface area (Å²) in [6, 6.07) is 13.6. The van der Waals surface area contributed by atoms with Gasteiger partial charge >= 0.3 is 0 Å². The van der Waals surface area contributed by atoms with Gasteiger partial charge in [0.15, 0.2) is 0 Å². The van der Waals surface area contributed by atoms with Gasteiger partial charge in [0.05, 0.1) is 0 Å². The molecule has 0 amide bonds. The van der Waals surface area contributed by atoms with Gasteiger partial charge in [-0.05, 0) is 53.6 Å². The lowest BCUT2D eigenvalue weighted by molar-refractivity contribution is 1.14. The largest absolute Gasteiger partial charge is 0.0871 e. The zero-order valence-corrected chi connectivity index (χ0v) is 9.61. The molecule has 0 heteroatoms. The van der Waals surface area contributed by atoms with Gasteiger partial charge in [0, 0.05) is 0 Å². The molecule has 0 radical (unpaired) electrons. The maximum absolute atomic E-state index is 2.35. The van der Waals surface area contributed by atoms with Gasteiger partial charge in [-0.25, -0.2) is 0 Å². The third-order valence-electron chi connectivity index (χ3n) is 3.30. The van der Waals surface area contributed by atoms with E-state index in [0.29, 0.717) is 0 Å². The van der Waals surface area contributed by atoms with Gasteiger partial charge in [-0.15, -0.1) is 0 Å². The van der Waals surface area contributed by atoms with Crippen molar-refractivity contribution in [2.75, 3.05) is 0 Å². The second kappa shape index (κ2) is 3.79. The Kier molecular flexibility index (Phi) is 2.28. The number of hydrogen-bond donors (Lipinski definition) is 0. The molecule has 0 aliphatic heterocycles. The Morgan fingerprint density at radius 1 is 1.00 bits per heavy atom. The lowest BCUT2D eigenvalue weighted by Gasteiger charge is -2.03. The van der Waals surface area contributed by atoms with E-state index in [4.69, 9.17) is 0 Å². The predicted octanol–water partition coefficient (Wildman–Crippen LogP) is 4.75. The van der Waals surface area contributed by atoms with Crippen LogP contribution in [0.3, 0.4) is 0 Å². The van der Waals surface area contributed by atoms with Crippen LogP contribution in [0.15, 0.2) is 42.5 Å². The standard InChI is InChI=1S/C16H16/c1-2-3-12-4-5-16-11-15(13-6-7-13)9-8-14(16)10-12/h2-5,8-11,13H,6-7H2,1H3/b3-2+. The minimum Gasteiger partial charge on any atom is -0.0871 e. The van der Waals surface area contributed by atoms with E-state index in [0.717, 1.165) is 5.92 Å². The maximum Gasteiger partial charge on any atom is -0.0161 e. The topological polar surface area (TPSA) is 0 Å². The average Bonchev–Trinajstić information content (AvgIpc) is 3.13. The molecule has 1 fully saturated rings. The highest BCUT2D eigenvalue weighted by Gasteiger charge is 2.23. The number of allylic oxidation sites excluding steroid dienone is 1. The van der Waals surface area contributed by atoms with Gasteiger partial charge in [0.25, 0.3) is 0 Å². The van der Waals surface area contributed by atoms with Crippen molar-refractivity contribution in [3.63, 3.8) is 0 Å². The lowest BCUT2D eigenvalue weighted by atomic mass is 10.0. The van der Waals surface area contributed by atoms with E-state index in [-0.39, 0.29) is 0 Å². The van der Waals surface area contributed by atoms with Crippen molar-refractivity contribution in [1.29, 1.82) is 0 Å². The molecule has 0 heterocycles. The van der Waals surface area contributed by atoms with Gasteiger partial charge in [-0.3, -0.25) is 0 Å². The molecular formula is C16H16. The molecule has 0 saturated heterocycles. The molecule has 1 aliphatic rings. The van der Waals surface area contributed by atoms with Crippen LogP contribution in [0.25, 0.3) is 16.8 Å². The molecular weight excluding hydrogens is 192 g/mol. The Labute approximate surface area is 96.6 Å². The Hall–Kier alpha value is -1.56. The Bertz CT molecular complexity index is 545. The van der Waals surface area contributed by atoms with E-state index in [1.54, 1.807) is 0 Å². The van der Waals surface area contributed by atoms with Crippen LogP contribution in [0.5, 0.6) is 0 Å². The first-order valence-corrected chi connectivity index (χ1v) is 6.03. The van der Waals surface area contributed by atoms with Crippen LogP contribution < -0.4 is 0 Å². The molecule has 16 heavy (non-hydrogen) atoms. The highest BCUT2D eigenvalue weighted by molar-refractivity contribution is 5.85. The zero-order chi connectivity index (χ0) is 11.0. The van der Waals surface area contributed by atoms with Crippen LogP contribution in [0.2, 0.25) is 0 Å². The van der Waals surface area contributed by atoms with Crippen LogP contribution in [0.1, 0.15) is 36.8 Å². The van der Waals surface area contributed by atoms with E-state index >= 15 is 0 Å². The average molecular weight is 208 g/mol. The molecule has 1 saturated carbocycles. The summed E-state index contributed by atoms with van der Waals surface area (Å²) in [5.74, 6) is 0.847. The molecule has 2 aromatic carbocycles. The van der Waals surface area contributed by atoms with Gasteiger partial charge in [0.1, 0.15) is 0 Å². The SMILES string of the molecule is C/C=C/c1ccc2cc(C3CC3)ccc2c1. The molecule has 0 spiro atoms. The number of rotatable bonds is 2. The van der Waals surface area contributed by atoms with E-state index in [1.807, 2.05) is 0 Å². The minimum atomic E-state index is 0.847. The van der Waals surface area contributed by atoms with Crippen molar-refractivity contribution in [2.24, 2.45) is 0 Å². The number of benzene rings is 2. The quantitative estimate of drug-likeness (QED) is 0.668. The van der Waals surface area contributed by atoms with Crippen molar-refractivity contribution in [3.8, 4) is 0 Å². The Balaban J connectivity index is 2.08. The van der Waals surface area contributed by atoms with Crippen molar-refractivity contribution < 1.29 is 0 Å². The molecule has 0 N–H and O–H groups in total. The van der Waals surface area contributed by atoms with Crippen molar-refractivity contribution in [2.45, 2.75) is 25.7 Å². The van der Waals surface area contributed by atoms with E-state index < -0.39 is 0 Å². The fourth-order valence-electron chi connectivity index (χ4n) is 2.25. The van der Waals surface area contributed by atoms with Crippen LogP contribution >= 0.6 is 0 Å². The number of fused-ring (bicyclic) bond motifs is 1. The summed E-state index contributed by atoms with van der Waals surface area (Å²) in [6.45, 7) is 2.06. The maximum atomic E-state index is 2.35. The second-order valence-electron chi connectivity index (χ2n) is 4.64. The summed E-state index contributed by atoms with van der Waals surface area (Å²) >= 11 is 0. The third-order valence-corrected chi connectivity index (χ3v) is 3.30. The second-order valence-corrected chi connectivity index (χ2v) is 4.64. The molecule has 0 unspecified atom stereocenters. The Morgan fingerprint density at radius 2 is 1.75 bits per heavy atom. The minimum absolute atomic E-state index is 0.847. The van der Waals surface area contributed by atoms with Crippen LogP contribution in [-0.4, -0.2) is 0 Å². The van der Waals surface area contributed by atoms with E-state index in [9.17, 15) is 0 Å². The van der Waals surface area contributed by atoms with Crippen molar-refractivity contribution in [3.05, 3.63) is 53.6 Å². The van der Waals surface area contributed by atoms with Gasteiger partial charge in [-0.1, -0.05) is 42.5 Å². The summed E-state index contributed by atoms with van der Waals surface area (Å²) in [5.41, 5.74) is 2.81. The third kappa shape index (κ3) is 1.76. The van der Waals surface area contributed by atoms with Gasteiger partial charge in [0.2, 0.25) is 0 Å². The lowest BCUT2D eigenvalue weighted by Crippen LogP contribution is -1.81. The molecule has 0 aromatic heterocycles. The summed E-state index contributed by atoms with van der Waals surface area (Å²) in [4.78, 5) is 0. The molecule has 0 bridgehead atoms. The van der Waals surface area contributed by atoms with Crippen LogP contribution in [0.4, 0.5) is 0 Å². The molecule has 0 nitrogen and oxygen atoms in total. The number of hydrogen-bond acceptors (Lipinski definition) is 0. The van der Waals surface area contributed by atoms with E-state index in [2.05, 4.69) is 55.5 Å². The monoisotopic (exact) mass is 208 g/mol. The van der Waals surface area contributed by atoms with E-state index in [1.165, 1.54) is 34.7 Å². The zero-order valence-electron chi connectivity index (χ0n) is 9.61. The summed E-state index contributed by atoms with van der Waals surface area (Å²) in [5, 5.41) is 2.72. The van der Waals surface area contributed by atoms with Crippen LogP contribution in [-0.2, 0) is 0 Å². The molecule has 3 rings (SSSR count).